The Morgan fingerprint density at radius 1 is 1.36 bits per heavy atom. The molecule has 0 saturated carbocycles. The summed E-state index contributed by atoms with van der Waals surface area (Å²) in [6.07, 6.45) is -3.45. The SMILES string of the molecule is O=C(Cl)c1nn2c(C(F)(F)F)cc(-c3ccco3)nc2c1Cl. The maximum atomic E-state index is 13.2. The summed E-state index contributed by atoms with van der Waals surface area (Å²) in [6, 6.07) is 3.69. The second-order valence-electron chi connectivity index (χ2n) is 4.17. The van der Waals surface area contributed by atoms with Crippen molar-refractivity contribution in [3.8, 4) is 11.5 Å². The van der Waals surface area contributed by atoms with Crippen LogP contribution in [0.15, 0.2) is 28.9 Å². The molecule has 0 N–H and O–H groups in total. The first-order valence-electron chi connectivity index (χ1n) is 5.69. The van der Waals surface area contributed by atoms with Crippen molar-refractivity contribution < 1.29 is 22.4 Å². The lowest BCUT2D eigenvalue weighted by Crippen LogP contribution is -2.14. The molecule has 0 radical (unpaired) electrons. The van der Waals surface area contributed by atoms with E-state index < -0.39 is 22.8 Å². The van der Waals surface area contributed by atoms with Crippen LogP contribution in [0, 0.1) is 0 Å². The third kappa shape index (κ3) is 2.34. The van der Waals surface area contributed by atoms with Crippen molar-refractivity contribution >= 4 is 34.1 Å². The molecule has 3 heterocycles. The van der Waals surface area contributed by atoms with Gasteiger partial charge in [0.05, 0.1) is 6.26 Å². The fraction of sp³-hybridized carbons (Fsp3) is 0.0833. The lowest BCUT2D eigenvalue weighted by Gasteiger charge is -2.09. The summed E-state index contributed by atoms with van der Waals surface area (Å²) >= 11 is 11.1. The quantitative estimate of drug-likeness (QED) is 0.655. The molecule has 22 heavy (non-hydrogen) atoms. The van der Waals surface area contributed by atoms with Crippen molar-refractivity contribution in [2.45, 2.75) is 6.18 Å². The van der Waals surface area contributed by atoms with Gasteiger partial charge in [-0.1, -0.05) is 11.6 Å². The van der Waals surface area contributed by atoms with Gasteiger partial charge in [0.15, 0.2) is 22.8 Å². The van der Waals surface area contributed by atoms with Crippen LogP contribution in [-0.2, 0) is 6.18 Å². The van der Waals surface area contributed by atoms with E-state index in [4.69, 9.17) is 27.6 Å². The van der Waals surface area contributed by atoms with Crippen molar-refractivity contribution in [1.29, 1.82) is 0 Å². The maximum Gasteiger partial charge on any atom is 0.433 e. The van der Waals surface area contributed by atoms with Crippen molar-refractivity contribution in [3.63, 3.8) is 0 Å². The summed E-state index contributed by atoms with van der Waals surface area (Å²) in [5.74, 6) is 0.115. The number of nitrogens with zero attached hydrogens (tertiary/aromatic N) is 3. The Morgan fingerprint density at radius 3 is 2.64 bits per heavy atom. The summed E-state index contributed by atoms with van der Waals surface area (Å²) in [5, 5.41) is 2.05. The van der Waals surface area contributed by atoms with Crippen LogP contribution in [0.3, 0.4) is 0 Å². The number of aromatic nitrogens is 3. The van der Waals surface area contributed by atoms with Crippen LogP contribution in [0.5, 0.6) is 0 Å². The molecule has 0 spiro atoms. The molecule has 0 aromatic carbocycles. The summed E-state index contributed by atoms with van der Waals surface area (Å²) in [5.41, 5.74) is -2.10. The highest BCUT2D eigenvalue weighted by molar-refractivity contribution is 6.68. The van der Waals surface area contributed by atoms with E-state index in [9.17, 15) is 18.0 Å². The van der Waals surface area contributed by atoms with Gasteiger partial charge in [0, 0.05) is 0 Å². The molecule has 3 aromatic rings. The third-order valence-corrected chi connectivity index (χ3v) is 3.31. The molecule has 0 aliphatic heterocycles. The number of furan rings is 1. The van der Waals surface area contributed by atoms with Gasteiger partial charge < -0.3 is 4.42 Å². The lowest BCUT2D eigenvalue weighted by atomic mass is 10.2. The molecule has 0 bridgehead atoms. The van der Waals surface area contributed by atoms with Gasteiger partial charge in [-0.05, 0) is 29.8 Å². The number of carbonyl (C=O) groups is 1. The predicted molar refractivity (Wildman–Crippen MR) is 70.9 cm³/mol. The number of fused-ring (bicyclic) bond motifs is 1. The predicted octanol–water partition coefficient (Wildman–Crippen LogP) is 4.04. The average molecular weight is 350 g/mol. The highest BCUT2D eigenvalue weighted by Gasteiger charge is 2.36. The molecular weight excluding hydrogens is 346 g/mol. The fourth-order valence-electron chi connectivity index (χ4n) is 1.87. The molecule has 114 valence electrons. The Labute approximate surface area is 130 Å². The number of alkyl halides is 3. The van der Waals surface area contributed by atoms with E-state index in [0.717, 1.165) is 6.07 Å². The summed E-state index contributed by atoms with van der Waals surface area (Å²) in [6.45, 7) is 0. The Hall–Kier alpha value is -2.06. The second kappa shape index (κ2) is 4.99. The van der Waals surface area contributed by atoms with Crippen LogP contribution in [0.1, 0.15) is 16.2 Å². The number of carbonyl (C=O) groups excluding carboxylic acids is 1. The Kier molecular flexibility index (Phi) is 3.37. The van der Waals surface area contributed by atoms with Gasteiger partial charge in [-0.2, -0.15) is 18.3 Å². The van der Waals surface area contributed by atoms with Gasteiger partial charge in [-0.3, -0.25) is 4.79 Å². The van der Waals surface area contributed by atoms with Crippen molar-refractivity contribution in [2.75, 3.05) is 0 Å². The van der Waals surface area contributed by atoms with Gasteiger partial charge in [-0.15, -0.1) is 0 Å². The molecule has 0 aliphatic carbocycles. The molecule has 0 amide bonds. The van der Waals surface area contributed by atoms with E-state index in [1.165, 1.54) is 18.4 Å². The minimum Gasteiger partial charge on any atom is -0.463 e. The van der Waals surface area contributed by atoms with Crippen molar-refractivity contribution in [1.82, 2.24) is 14.6 Å². The van der Waals surface area contributed by atoms with Gasteiger partial charge in [0.25, 0.3) is 5.24 Å². The zero-order valence-electron chi connectivity index (χ0n) is 10.4. The minimum atomic E-state index is -4.75. The van der Waals surface area contributed by atoms with Gasteiger partial charge in [0.2, 0.25) is 0 Å². The molecule has 0 unspecified atom stereocenters. The zero-order valence-corrected chi connectivity index (χ0v) is 11.9. The fourth-order valence-corrected chi connectivity index (χ4v) is 2.30. The first-order chi connectivity index (χ1) is 10.3. The van der Waals surface area contributed by atoms with Crippen LogP contribution >= 0.6 is 23.2 Å². The topological polar surface area (TPSA) is 60.4 Å². The molecule has 3 aromatic heterocycles. The average Bonchev–Trinajstić information content (AvgIpc) is 3.05. The van der Waals surface area contributed by atoms with Crippen LogP contribution in [0.2, 0.25) is 5.02 Å². The smallest absolute Gasteiger partial charge is 0.433 e. The highest BCUT2D eigenvalue weighted by atomic mass is 35.5. The third-order valence-electron chi connectivity index (χ3n) is 2.78. The molecule has 0 atom stereocenters. The van der Waals surface area contributed by atoms with Crippen LogP contribution in [0.4, 0.5) is 13.2 Å². The molecule has 0 fully saturated rings. The first kappa shape index (κ1) is 14.9. The normalized spacial score (nSPS) is 12.0. The van der Waals surface area contributed by atoms with Gasteiger partial charge in [0.1, 0.15) is 10.7 Å². The van der Waals surface area contributed by atoms with Crippen molar-refractivity contribution in [2.24, 2.45) is 0 Å². The molecule has 5 nitrogen and oxygen atoms in total. The highest BCUT2D eigenvalue weighted by Crippen LogP contribution is 2.34. The molecule has 10 heteroatoms. The van der Waals surface area contributed by atoms with Crippen LogP contribution in [-0.4, -0.2) is 19.8 Å². The van der Waals surface area contributed by atoms with Crippen LogP contribution < -0.4 is 0 Å². The van der Waals surface area contributed by atoms with E-state index in [-0.39, 0.29) is 22.1 Å². The van der Waals surface area contributed by atoms with E-state index >= 15 is 0 Å². The maximum absolute atomic E-state index is 13.2. The second-order valence-corrected chi connectivity index (χ2v) is 4.89. The van der Waals surface area contributed by atoms with E-state index in [2.05, 4.69) is 10.1 Å². The number of rotatable bonds is 2. The largest absolute Gasteiger partial charge is 0.463 e. The van der Waals surface area contributed by atoms with Gasteiger partial charge >= 0.3 is 6.18 Å². The lowest BCUT2D eigenvalue weighted by molar-refractivity contribution is -0.142. The van der Waals surface area contributed by atoms with Gasteiger partial charge in [-0.25, -0.2) is 9.50 Å². The van der Waals surface area contributed by atoms with Crippen LogP contribution in [0.25, 0.3) is 17.1 Å². The Morgan fingerprint density at radius 2 is 2.09 bits per heavy atom. The Balaban J connectivity index is 2.39. The van der Waals surface area contributed by atoms with E-state index in [1.54, 1.807) is 0 Å². The summed E-state index contributed by atoms with van der Waals surface area (Å²) < 4.78 is 45.1. The molecule has 0 saturated heterocycles. The van der Waals surface area contributed by atoms with Crippen molar-refractivity contribution in [3.05, 3.63) is 40.9 Å². The van der Waals surface area contributed by atoms with E-state index in [1.807, 2.05) is 0 Å². The summed E-state index contributed by atoms with van der Waals surface area (Å²) in [4.78, 5) is 15.1. The standard InChI is InChI=1S/C12H4Cl2F3N3O2/c13-8-9(10(14)21)19-20-7(12(15,16)17)4-5(18-11(8)20)6-2-1-3-22-6/h1-4H. The number of halogens is 5. The molecule has 3 rings (SSSR count). The summed E-state index contributed by atoms with van der Waals surface area (Å²) in [7, 11) is 0. The number of hydrogen-bond donors (Lipinski definition) is 0. The minimum absolute atomic E-state index is 0.0970. The molecular formula is C12H4Cl2F3N3O2. The van der Waals surface area contributed by atoms with E-state index in [0.29, 0.717) is 4.52 Å². The number of hydrogen-bond acceptors (Lipinski definition) is 4. The zero-order chi connectivity index (χ0) is 16.1. The first-order valence-corrected chi connectivity index (χ1v) is 6.45. The Bertz CT molecular complexity index is 872. The molecule has 0 aliphatic rings. The monoisotopic (exact) mass is 349 g/mol.